The number of carbonyl (C=O) groups is 1. The zero-order valence-corrected chi connectivity index (χ0v) is 19.1. The van der Waals surface area contributed by atoms with E-state index in [1.807, 2.05) is 24.3 Å². The van der Waals surface area contributed by atoms with E-state index in [9.17, 15) is 13.2 Å². The second-order valence-electron chi connectivity index (χ2n) is 8.13. The number of methoxy groups -OCH3 is 1. The zero-order chi connectivity index (χ0) is 22.6. The number of nitrogens with zero attached hydrogens (tertiary/aromatic N) is 2. The highest BCUT2D eigenvalue weighted by molar-refractivity contribution is 7.93. The molecular formula is C24H29N3O4S. The molecule has 0 spiro atoms. The Morgan fingerprint density at radius 2 is 1.66 bits per heavy atom. The maximum Gasteiger partial charge on any atom is 0.244 e. The number of carbonyl (C=O) groups excluding carboxylic acids is 1. The molecule has 32 heavy (non-hydrogen) atoms. The number of hydrogen-bond donors (Lipinski definition) is 1. The first-order valence-corrected chi connectivity index (χ1v) is 12.5. The van der Waals surface area contributed by atoms with E-state index < -0.39 is 10.0 Å². The topological polar surface area (TPSA) is 79.0 Å². The molecule has 7 nitrogen and oxygen atoms in total. The van der Waals surface area contributed by atoms with Crippen molar-refractivity contribution in [1.82, 2.24) is 5.32 Å². The molecule has 8 heteroatoms. The number of anilines is 2. The van der Waals surface area contributed by atoms with Crippen LogP contribution in [-0.4, -0.2) is 52.9 Å². The summed E-state index contributed by atoms with van der Waals surface area (Å²) in [4.78, 5) is 14.7. The van der Waals surface area contributed by atoms with Crippen molar-refractivity contribution >= 4 is 33.4 Å². The van der Waals surface area contributed by atoms with E-state index in [0.29, 0.717) is 18.7 Å². The minimum absolute atomic E-state index is 0.112. The molecule has 2 aromatic rings. The Bertz CT molecular complexity index is 1060. The fourth-order valence-corrected chi connectivity index (χ4v) is 5.74. The number of ether oxygens (including phenoxy) is 1. The van der Waals surface area contributed by atoms with Crippen molar-refractivity contribution < 1.29 is 17.9 Å². The van der Waals surface area contributed by atoms with Crippen LogP contribution in [0.4, 0.5) is 11.4 Å². The van der Waals surface area contributed by atoms with Crippen molar-refractivity contribution in [3.05, 3.63) is 60.2 Å². The Labute approximate surface area is 189 Å². The van der Waals surface area contributed by atoms with E-state index in [1.165, 1.54) is 16.1 Å². The molecular weight excluding hydrogens is 426 g/mol. The van der Waals surface area contributed by atoms with Gasteiger partial charge in [-0.3, -0.25) is 9.10 Å². The summed E-state index contributed by atoms with van der Waals surface area (Å²) in [5.74, 6) is 0.936. The van der Waals surface area contributed by atoms with Gasteiger partial charge < -0.3 is 15.0 Å². The zero-order valence-electron chi connectivity index (χ0n) is 18.2. The SMILES string of the molecule is COc1ccc(N2CCC(NC(=O)/C=C/c3ccc(N4CCCS4(=O)=O)cc3)CC2)cc1. The number of hydrogen-bond acceptors (Lipinski definition) is 5. The van der Waals surface area contributed by atoms with E-state index in [0.717, 1.165) is 37.2 Å². The van der Waals surface area contributed by atoms with Gasteiger partial charge in [-0.2, -0.15) is 0 Å². The quantitative estimate of drug-likeness (QED) is 0.678. The molecule has 4 rings (SSSR count). The average Bonchev–Trinajstić information content (AvgIpc) is 3.17. The Balaban J connectivity index is 1.26. The van der Waals surface area contributed by atoms with Crippen LogP contribution in [0.2, 0.25) is 0 Å². The van der Waals surface area contributed by atoms with E-state index in [1.54, 1.807) is 25.3 Å². The van der Waals surface area contributed by atoms with Gasteiger partial charge in [0, 0.05) is 37.4 Å². The van der Waals surface area contributed by atoms with Crippen LogP contribution in [0.25, 0.3) is 6.08 Å². The molecule has 2 aromatic carbocycles. The monoisotopic (exact) mass is 455 g/mol. The summed E-state index contributed by atoms with van der Waals surface area (Å²) >= 11 is 0. The molecule has 1 N–H and O–H groups in total. The predicted octanol–water partition coefficient (Wildman–Crippen LogP) is 3.03. The largest absolute Gasteiger partial charge is 0.497 e. The van der Waals surface area contributed by atoms with E-state index in [-0.39, 0.29) is 17.7 Å². The third-order valence-corrected chi connectivity index (χ3v) is 7.86. The van der Waals surface area contributed by atoms with Gasteiger partial charge in [-0.1, -0.05) is 12.1 Å². The third-order valence-electron chi connectivity index (χ3n) is 5.99. The Morgan fingerprint density at radius 1 is 1.00 bits per heavy atom. The predicted molar refractivity (Wildman–Crippen MR) is 128 cm³/mol. The summed E-state index contributed by atoms with van der Waals surface area (Å²) in [6, 6.07) is 15.4. The molecule has 0 atom stereocenters. The van der Waals surface area contributed by atoms with Crippen molar-refractivity contribution in [3.63, 3.8) is 0 Å². The molecule has 2 aliphatic rings. The maximum absolute atomic E-state index is 12.4. The number of nitrogens with one attached hydrogen (secondary N) is 1. The number of amides is 1. The fourth-order valence-electron chi connectivity index (χ4n) is 4.18. The third kappa shape index (κ3) is 5.24. The molecule has 0 unspecified atom stereocenters. The van der Waals surface area contributed by atoms with Crippen LogP contribution in [-0.2, 0) is 14.8 Å². The first kappa shape index (κ1) is 22.2. The second-order valence-corrected chi connectivity index (χ2v) is 10.1. The summed E-state index contributed by atoms with van der Waals surface area (Å²) in [5, 5.41) is 3.09. The van der Waals surface area contributed by atoms with Crippen molar-refractivity contribution in [3.8, 4) is 5.75 Å². The molecule has 2 saturated heterocycles. The number of rotatable bonds is 6. The van der Waals surface area contributed by atoms with Gasteiger partial charge >= 0.3 is 0 Å². The molecule has 0 saturated carbocycles. The number of benzene rings is 2. The summed E-state index contributed by atoms with van der Waals surface area (Å²) in [5.41, 5.74) is 2.70. The smallest absolute Gasteiger partial charge is 0.244 e. The van der Waals surface area contributed by atoms with Gasteiger partial charge in [0.05, 0.1) is 18.6 Å². The van der Waals surface area contributed by atoms with Crippen LogP contribution in [0, 0.1) is 0 Å². The van der Waals surface area contributed by atoms with Gasteiger partial charge in [-0.15, -0.1) is 0 Å². The summed E-state index contributed by atoms with van der Waals surface area (Å²) in [6.45, 7) is 2.31. The van der Waals surface area contributed by atoms with Crippen LogP contribution in [0.5, 0.6) is 5.75 Å². The molecule has 0 bridgehead atoms. The van der Waals surface area contributed by atoms with Crippen LogP contribution < -0.4 is 19.3 Å². The summed E-state index contributed by atoms with van der Waals surface area (Å²) in [6.07, 6.45) is 5.74. The Morgan fingerprint density at radius 3 is 2.25 bits per heavy atom. The summed E-state index contributed by atoms with van der Waals surface area (Å²) < 4.78 is 30.7. The van der Waals surface area contributed by atoms with Crippen LogP contribution in [0.3, 0.4) is 0 Å². The highest BCUT2D eigenvalue weighted by Crippen LogP contribution is 2.25. The molecule has 0 aliphatic carbocycles. The number of piperidine rings is 1. The molecule has 0 radical (unpaired) electrons. The van der Waals surface area contributed by atoms with Crippen molar-refractivity contribution in [1.29, 1.82) is 0 Å². The van der Waals surface area contributed by atoms with E-state index in [2.05, 4.69) is 22.3 Å². The molecule has 2 heterocycles. The number of sulfonamides is 1. The van der Waals surface area contributed by atoms with Gasteiger partial charge in [0.1, 0.15) is 5.75 Å². The Kier molecular flexibility index (Phi) is 6.69. The van der Waals surface area contributed by atoms with Crippen molar-refractivity contribution in [2.45, 2.75) is 25.3 Å². The molecule has 2 fully saturated rings. The molecule has 1 amide bonds. The van der Waals surface area contributed by atoms with Gasteiger partial charge in [0.15, 0.2) is 0 Å². The first-order valence-electron chi connectivity index (χ1n) is 10.9. The highest BCUT2D eigenvalue weighted by Gasteiger charge is 2.28. The van der Waals surface area contributed by atoms with Gasteiger partial charge in [0.2, 0.25) is 15.9 Å². The lowest BCUT2D eigenvalue weighted by molar-refractivity contribution is -0.117. The molecule has 170 valence electrons. The minimum atomic E-state index is -3.18. The van der Waals surface area contributed by atoms with E-state index >= 15 is 0 Å². The van der Waals surface area contributed by atoms with Crippen molar-refractivity contribution in [2.75, 3.05) is 41.7 Å². The lowest BCUT2D eigenvalue weighted by Crippen LogP contribution is -2.44. The molecule has 2 aliphatic heterocycles. The Hall–Kier alpha value is -3.00. The lowest BCUT2D eigenvalue weighted by Gasteiger charge is -2.33. The van der Waals surface area contributed by atoms with Gasteiger partial charge in [0.25, 0.3) is 0 Å². The minimum Gasteiger partial charge on any atom is -0.497 e. The fraction of sp³-hybridized carbons (Fsp3) is 0.375. The van der Waals surface area contributed by atoms with Crippen LogP contribution >= 0.6 is 0 Å². The van der Waals surface area contributed by atoms with Gasteiger partial charge in [-0.25, -0.2) is 8.42 Å². The lowest BCUT2D eigenvalue weighted by atomic mass is 10.0. The average molecular weight is 456 g/mol. The second kappa shape index (κ2) is 9.65. The maximum atomic E-state index is 12.4. The highest BCUT2D eigenvalue weighted by atomic mass is 32.2. The summed E-state index contributed by atoms with van der Waals surface area (Å²) in [7, 11) is -1.52. The van der Waals surface area contributed by atoms with E-state index in [4.69, 9.17) is 4.74 Å². The normalized spacial score (nSPS) is 18.8. The standard InChI is InChI=1S/C24H29N3O4S/c1-31-23-10-8-21(9-11-23)26-16-13-20(14-17-26)25-24(28)12-5-19-3-6-22(7-4-19)27-15-2-18-32(27,29)30/h3-12,20H,2,13-18H2,1H3,(H,25,28)/b12-5+. The first-order chi connectivity index (χ1) is 15.4. The van der Waals surface area contributed by atoms with Crippen LogP contribution in [0.15, 0.2) is 54.6 Å². The van der Waals surface area contributed by atoms with Crippen LogP contribution in [0.1, 0.15) is 24.8 Å². The van der Waals surface area contributed by atoms with Crippen molar-refractivity contribution in [2.24, 2.45) is 0 Å². The molecule has 0 aromatic heterocycles. The van der Waals surface area contributed by atoms with Gasteiger partial charge in [-0.05, 0) is 67.3 Å².